The van der Waals surface area contributed by atoms with Gasteiger partial charge in [0.2, 0.25) is 0 Å². The number of hydrogen-bond donors (Lipinski definition) is 1. The first-order chi connectivity index (χ1) is 10.4. The summed E-state index contributed by atoms with van der Waals surface area (Å²) in [7, 11) is 0. The van der Waals surface area contributed by atoms with Crippen molar-refractivity contribution in [3.63, 3.8) is 0 Å². The summed E-state index contributed by atoms with van der Waals surface area (Å²) in [6, 6.07) is 15.0. The van der Waals surface area contributed by atoms with Gasteiger partial charge in [-0.05, 0) is 56.0 Å². The van der Waals surface area contributed by atoms with Gasteiger partial charge in [0.15, 0.2) is 0 Å². The van der Waals surface area contributed by atoms with E-state index in [4.69, 9.17) is 10.2 Å². The van der Waals surface area contributed by atoms with Crippen LogP contribution in [0, 0.1) is 5.92 Å². The van der Waals surface area contributed by atoms with E-state index in [1.54, 1.807) is 6.26 Å². The Balaban J connectivity index is 1.55. The first kappa shape index (κ1) is 14.4. The highest BCUT2D eigenvalue weighted by Crippen LogP contribution is 2.28. The number of hydrogen-bond acceptors (Lipinski definition) is 3. The molecule has 0 aliphatic carbocycles. The third kappa shape index (κ3) is 3.55. The minimum absolute atomic E-state index is 0.234. The Hall–Kier alpha value is -1.58. The molecule has 1 unspecified atom stereocenters. The predicted octanol–water partition coefficient (Wildman–Crippen LogP) is 3.23. The van der Waals surface area contributed by atoms with Crippen molar-refractivity contribution in [3.8, 4) is 0 Å². The summed E-state index contributed by atoms with van der Waals surface area (Å²) in [6.07, 6.45) is 5.42. The van der Waals surface area contributed by atoms with E-state index in [-0.39, 0.29) is 6.04 Å². The summed E-state index contributed by atoms with van der Waals surface area (Å²) in [5.41, 5.74) is 7.41. The lowest BCUT2D eigenvalue weighted by atomic mass is 9.89. The fourth-order valence-electron chi connectivity index (χ4n) is 3.34. The molecule has 3 nitrogen and oxygen atoms in total. The van der Waals surface area contributed by atoms with Crippen molar-refractivity contribution in [2.75, 3.05) is 19.6 Å². The van der Waals surface area contributed by atoms with Crippen molar-refractivity contribution < 1.29 is 4.42 Å². The van der Waals surface area contributed by atoms with Crippen LogP contribution in [0.3, 0.4) is 0 Å². The number of nitrogens with two attached hydrogens (primary N) is 1. The molecule has 1 fully saturated rings. The second-order valence-corrected chi connectivity index (χ2v) is 5.94. The quantitative estimate of drug-likeness (QED) is 0.916. The molecule has 0 amide bonds. The molecule has 1 aliphatic rings. The van der Waals surface area contributed by atoms with Crippen LogP contribution in [0.2, 0.25) is 0 Å². The number of nitrogens with zero attached hydrogens (tertiary/aromatic N) is 1. The molecule has 21 heavy (non-hydrogen) atoms. The molecule has 1 aromatic heterocycles. The normalized spacial score (nSPS) is 18.7. The van der Waals surface area contributed by atoms with Gasteiger partial charge in [-0.1, -0.05) is 30.3 Å². The number of furan rings is 1. The molecule has 0 saturated carbocycles. The number of benzene rings is 1. The van der Waals surface area contributed by atoms with Gasteiger partial charge >= 0.3 is 0 Å². The summed E-state index contributed by atoms with van der Waals surface area (Å²) in [4.78, 5) is 2.47. The van der Waals surface area contributed by atoms with Crippen molar-refractivity contribution in [1.82, 2.24) is 4.90 Å². The Kier molecular flexibility index (Phi) is 4.73. The summed E-state index contributed by atoms with van der Waals surface area (Å²) < 4.78 is 5.54. The topological polar surface area (TPSA) is 42.4 Å². The molecule has 1 aliphatic heterocycles. The molecule has 2 N–H and O–H groups in total. The van der Waals surface area contributed by atoms with Gasteiger partial charge in [0.05, 0.1) is 12.3 Å². The highest BCUT2D eigenvalue weighted by atomic mass is 16.3. The van der Waals surface area contributed by atoms with E-state index < -0.39 is 0 Å². The zero-order valence-electron chi connectivity index (χ0n) is 12.4. The zero-order valence-corrected chi connectivity index (χ0v) is 12.4. The Bertz CT molecular complexity index is 515. The van der Waals surface area contributed by atoms with Crippen LogP contribution in [0.1, 0.15) is 30.2 Å². The number of likely N-dealkylation sites (tertiary alicyclic amines) is 1. The van der Waals surface area contributed by atoms with Crippen molar-refractivity contribution >= 4 is 0 Å². The monoisotopic (exact) mass is 284 g/mol. The van der Waals surface area contributed by atoms with Crippen molar-refractivity contribution in [2.24, 2.45) is 11.7 Å². The lowest BCUT2D eigenvalue weighted by molar-refractivity contribution is 0.122. The molecule has 3 heteroatoms. The minimum atomic E-state index is 0.234. The van der Waals surface area contributed by atoms with Gasteiger partial charge in [-0.25, -0.2) is 0 Å². The Labute approximate surface area is 126 Å². The lowest BCUT2D eigenvalue weighted by Crippen LogP contribution is -2.40. The summed E-state index contributed by atoms with van der Waals surface area (Å²) in [5.74, 6) is 1.79. The molecule has 2 heterocycles. The van der Waals surface area contributed by atoms with E-state index in [1.165, 1.54) is 24.8 Å². The van der Waals surface area contributed by atoms with Crippen LogP contribution in [-0.4, -0.2) is 24.5 Å². The largest absolute Gasteiger partial charge is 0.468 e. The van der Waals surface area contributed by atoms with Crippen LogP contribution in [0.4, 0.5) is 0 Å². The van der Waals surface area contributed by atoms with Gasteiger partial charge in [-0.15, -0.1) is 0 Å². The average molecular weight is 284 g/mol. The molecule has 0 spiro atoms. The smallest absolute Gasteiger partial charge is 0.122 e. The first-order valence-electron chi connectivity index (χ1n) is 7.88. The maximum Gasteiger partial charge on any atom is 0.122 e. The van der Waals surface area contributed by atoms with Gasteiger partial charge in [-0.2, -0.15) is 0 Å². The maximum absolute atomic E-state index is 5.95. The van der Waals surface area contributed by atoms with E-state index in [0.717, 1.165) is 24.8 Å². The van der Waals surface area contributed by atoms with E-state index in [1.807, 2.05) is 12.1 Å². The van der Waals surface area contributed by atoms with Crippen LogP contribution >= 0.6 is 0 Å². The maximum atomic E-state index is 5.95. The molecule has 2 aromatic rings. The van der Waals surface area contributed by atoms with Crippen LogP contribution in [-0.2, 0) is 6.42 Å². The van der Waals surface area contributed by atoms with Crippen molar-refractivity contribution in [3.05, 3.63) is 60.1 Å². The van der Waals surface area contributed by atoms with E-state index in [0.29, 0.717) is 6.54 Å². The zero-order chi connectivity index (χ0) is 14.5. The van der Waals surface area contributed by atoms with Gasteiger partial charge in [0.25, 0.3) is 0 Å². The van der Waals surface area contributed by atoms with Gasteiger partial charge < -0.3 is 10.2 Å². The van der Waals surface area contributed by atoms with Gasteiger partial charge in [0.1, 0.15) is 5.76 Å². The van der Waals surface area contributed by atoms with Gasteiger partial charge in [-0.3, -0.25) is 4.90 Å². The Morgan fingerprint density at radius 3 is 2.48 bits per heavy atom. The third-order valence-electron chi connectivity index (χ3n) is 4.55. The Morgan fingerprint density at radius 2 is 1.86 bits per heavy atom. The Morgan fingerprint density at radius 1 is 1.10 bits per heavy atom. The van der Waals surface area contributed by atoms with E-state index in [2.05, 4.69) is 35.2 Å². The SMILES string of the molecule is NCC(c1ccco1)N1CCC(Cc2ccccc2)CC1. The lowest BCUT2D eigenvalue weighted by Gasteiger charge is -2.36. The van der Waals surface area contributed by atoms with Crippen LogP contribution < -0.4 is 5.73 Å². The molecular weight excluding hydrogens is 260 g/mol. The fourth-order valence-corrected chi connectivity index (χ4v) is 3.34. The van der Waals surface area contributed by atoms with Crippen molar-refractivity contribution in [2.45, 2.75) is 25.3 Å². The molecule has 112 valence electrons. The minimum Gasteiger partial charge on any atom is -0.468 e. The molecule has 1 aromatic carbocycles. The van der Waals surface area contributed by atoms with Crippen LogP contribution in [0.25, 0.3) is 0 Å². The summed E-state index contributed by atoms with van der Waals surface area (Å²) >= 11 is 0. The molecule has 1 atom stereocenters. The molecule has 0 radical (unpaired) electrons. The highest BCUT2D eigenvalue weighted by Gasteiger charge is 2.26. The molecule has 0 bridgehead atoms. The molecule has 1 saturated heterocycles. The van der Waals surface area contributed by atoms with E-state index in [9.17, 15) is 0 Å². The number of piperidine rings is 1. The first-order valence-corrected chi connectivity index (χ1v) is 7.88. The second kappa shape index (κ2) is 6.92. The van der Waals surface area contributed by atoms with E-state index >= 15 is 0 Å². The summed E-state index contributed by atoms with van der Waals surface area (Å²) in [6.45, 7) is 2.84. The standard InChI is InChI=1S/C18H24N2O/c19-14-17(18-7-4-12-21-18)20-10-8-16(9-11-20)13-15-5-2-1-3-6-15/h1-7,12,16-17H,8-11,13-14,19H2. The third-order valence-corrected chi connectivity index (χ3v) is 4.55. The van der Waals surface area contributed by atoms with Crippen LogP contribution in [0.5, 0.6) is 0 Å². The van der Waals surface area contributed by atoms with Crippen LogP contribution in [0.15, 0.2) is 53.1 Å². The molecular formula is C18H24N2O. The number of rotatable bonds is 5. The average Bonchev–Trinajstić information content (AvgIpc) is 3.05. The molecule has 3 rings (SSSR count). The van der Waals surface area contributed by atoms with Gasteiger partial charge in [0, 0.05) is 6.54 Å². The fraction of sp³-hybridized carbons (Fsp3) is 0.444. The summed E-state index contributed by atoms with van der Waals surface area (Å²) in [5, 5.41) is 0. The van der Waals surface area contributed by atoms with Crippen molar-refractivity contribution in [1.29, 1.82) is 0 Å². The second-order valence-electron chi connectivity index (χ2n) is 5.94. The highest BCUT2D eigenvalue weighted by molar-refractivity contribution is 5.15. The predicted molar refractivity (Wildman–Crippen MR) is 84.9 cm³/mol.